The highest BCUT2D eigenvalue weighted by Crippen LogP contribution is 2.38. The molecular weight excluding hydrogens is 278 g/mol. The monoisotopic (exact) mass is 305 g/mol. The van der Waals surface area contributed by atoms with E-state index in [-0.39, 0.29) is 0 Å². The van der Waals surface area contributed by atoms with Crippen LogP contribution in [0.3, 0.4) is 0 Å². The zero-order valence-electron chi connectivity index (χ0n) is 13.2. The van der Waals surface area contributed by atoms with Crippen LogP contribution in [0.1, 0.15) is 74.2 Å². The highest BCUT2D eigenvalue weighted by molar-refractivity contribution is 7.99. The average Bonchev–Trinajstić information content (AvgIpc) is 2.78. The molecule has 1 aromatic rings. The molecule has 21 heavy (non-hydrogen) atoms. The van der Waals surface area contributed by atoms with Crippen LogP contribution in [0.5, 0.6) is 0 Å². The van der Waals surface area contributed by atoms with E-state index in [4.69, 9.17) is 9.97 Å². The minimum absolute atomic E-state index is 0.523. The van der Waals surface area contributed by atoms with Crippen molar-refractivity contribution in [3.05, 3.63) is 17.1 Å². The summed E-state index contributed by atoms with van der Waals surface area (Å²) in [5.74, 6) is 3.51. The normalized spacial score (nSPS) is 22.4. The van der Waals surface area contributed by atoms with Crippen molar-refractivity contribution in [1.82, 2.24) is 9.97 Å². The van der Waals surface area contributed by atoms with Gasteiger partial charge in [0.1, 0.15) is 11.6 Å². The Morgan fingerprint density at radius 3 is 2.81 bits per heavy atom. The number of hydrogen-bond acceptors (Lipinski definition) is 4. The van der Waals surface area contributed by atoms with E-state index in [1.807, 2.05) is 0 Å². The van der Waals surface area contributed by atoms with Gasteiger partial charge in [0.15, 0.2) is 0 Å². The maximum atomic E-state index is 4.99. The summed E-state index contributed by atoms with van der Waals surface area (Å²) in [4.78, 5) is 9.94. The number of aryl methyl sites for hydroxylation is 1. The van der Waals surface area contributed by atoms with Crippen molar-refractivity contribution in [2.45, 2.75) is 70.0 Å². The molecule has 1 aromatic heterocycles. The van der Waals surface area contributed by atoms with Crippen LogP contribution in [0.4, 0.5) is 5.82 Å². The van der Waals surface area contributed by atoms with Gasteiger partial charge in [0.05, 0.1) is 5.25 Å². The van der Waals surface area contributed by atoms with Crippen molar-refractivity contribution in [2.24, 2.45) is 0 Å². The topological polar surface area (TPSA) is 37.8 Å². The number of aromatic nitrogens is 2. The standard InChI is InChI=1S/C17H27N3S/c1-2-11-18-16-13-8-4-3-5-9-14(13)19-17(20-16)15-10-6-7-12-21-15/h15H,2-12H2,1H3,(H,18,19,20). The first kappa shape index (κ1) is 15.1. The highest BCUT2D eigenvalue weighted by Gasteiger charge is 2.23. The summed E-state index contributed by atoms with van der Waals surface area (Å²) in [5.41, 5.74) is 2.74. The minimum atomic E-state index is 0.523. The molecule has 1 unspecified atom stereocenters. The molecule has 116 valence electrons. The Morgan fingerprint density at radius 1 is 1.10 bits per heavy atom. The summed E-state index contributed by atoms with van der Waals surface area (Å²) in [5, 5.41) is 4.09. The number of rotatable bonds is 4. The molecule has 2 heterocycles. The van der Waals surface area contributed by atoms with Crippen LogP contribution < -0.4 is 5.32 Å². The molecule has 0 radical (unpaired) electrons. The first-order valence-electron chi connectivity index (χ1n) is 8.63. The molecule has 1 aliphatic carbocycles. The fourth-order valence-corrected chi connectivity index (χ4v) is 4.51. The number of anilines is 1. The molecule has 3 rings (SSSR count). The van der Waals surface area contributed by atoms with E-state index < -0.39 is 0 Å². The largest absolute Gasteiger partial charge is 0.370 e. The van der Waals surface area contributed by atoms with Gasteiger partial charge in [-0.1, -0.05) is 19.8 Å². The van der Waals surface area contributed by atoms with E-state index in [2.05, 4.69) is 24.0 Å². The van der Waals surface area contributed by atoms with E-state index in [1.54, 1.807) is 0 Å². The molecule has 4 heteroatoms. The van der Waals surface area contributed by atoms with E-state index in [0.717, 1.165) is 37.4 Å². The Labute approximate surface area is 132 Å². The molecule has 1 fully saturated rings. The molecule has 0 spiro atoms. The van der Waals surface area contributed by atoms with Crippen molar-refractivity contribution in [2.75, 3.05) is 17.6 Å². The van der Waals surface area contributed by atoms with E-state index in [9.17, 15) is 0 Å². The number of nitrogens with one attached hydrogen (secondary N) is 1. The van der Waals surface area contributed by atoms with Gasteiger partial charge < -0.3 is 5.32 Å². The van der Waals surface area contributed by atoms with Crippen molar-refractivity contribution in [1.29, 1.82) is 0 Å². The second-order valence-electron chi connectivity index (χ2n) is 6.20. The summed E-state index contributed by atoms with van der Waals surface area (Å²) in [7, 11) is 0. The lowest BCUT2D eigenvalue weighted by molar-refractivity contribution is 0.656. The lowest BCUT2D eigenvalue weighted by atomic mass is 10.1. The smallest absolute Gasteiger partial charge is 0.143 e. The van der Waals surface area contributed by atoms with Crippen molar-refractivity contribution in [3.8, 4) is 0 Å². The zero-order chi connectivity index (χ0) is 14.5. The number of hydrogen-bond donors (Lipinski definition) is 1. The van der Waals surface area contributed by atoms with Gasteiger partial charge in [-0.2, -0.15) is 11.8 Å². The Morgan fingerprint density at radius 2 is 2.00 bits per heavy atom. The van der Waals surface area contributed by atoms with Gasteiger partial charge in [0.2, 0.25) is 0 Å². The zero-order valence-corrected chi connectivity index (χ0v) is 14.0. The number of thioether (sulfide) groups is 1. The lowest BCUT2D eigenvalue weighted by Crippen LogP contribution is -2.14. The van der Waals surface area contributed by atoms with Crippen LogP contribution in [-0.2, 0) is 12.8 Å². The van der Waals surface area contributed by atoms with Gasteiger partial charge in [-0.05, 0) is 50.7 Å². The van der Waals surface area contributed by atoms with Crippen LogP contribution in [-0.4, -0.2) is 22.3 Å². The first-order valence-corrected chi connectivity index (χ1v) is 9.68. The second kappa shape index (κ2) is 7.48. The quantitative estimate of drug-likeness (QED) is 0.830. The average molecular weight is 305 g/mol. The maximum absolute atomic E-state index is 4.99. The van der Waals surface area contributed by atoms with Crippen LogP contribution >= 0.6 is 11.8 Å². The number of nitrogens with zero attached hydrogens (tertiary/aromatic N) is 2. The molecule has 1 N–H and O–H groups in total. The maximum Gasteiger partial charge on any atom is 0.143 e. The first-order chi connectivity index (χ1) is 10.4. The fraction of sp³-hybridized carbons (Fsp3) is 0.765. The molecule has 3 nitrogen and oxygen atoms in total. The highest BCUT2D eigenvalue weighted by atomic mass is 32.2. The summed E-state index contributed by atoms with van der Waals surface area (Å²) >= 11 is 2.05. The van der Waals surface area contributed by atoms with Gasteiger partial charge in [-0.15, -0.1) is 0 Å². The molecule has 1 atom stereocenters. The Balaban J connectivity index is 1.91. The Kier molecular flexibility index (Phi) is 5.39. The molecule has 0 saturated carbocycles. The van der Waals surface area contributed by atoms with Crippen molar-refractivity contribution < 1.29 is 0 Å². The van der Waals surface area contributed by atoms with Crippen LogP contribution in [0.25, 0.3) is 0 Å². The molecule has 1 saturated heterocycles. The minimum Gasteiger partial charge on any atom is -0.370 e. The van der Waals surface area contributed by atoms with E-state index in [1.165, 1.54) is 55.5 Å². The molecule has 0 aromatic carbocycles. The molecule has 2 aliphatic rings. The summed E-state index contributed by atoms with van der Waals surface area (Å²) in [6.07, 6.45) is 11.3. The van der Waals surface area contributed by atoms with Crippen LogP contribution in [0.15, 0.2) is 0 Å². The van der Waals surface area contributed by atoms with Crippen LogP contribution in [0, 0.1) is 0 Å². The third-order valence-electron chi connectivity index (χ3n) is 4.46. The molecule has 0 amide bonds. The Bertz CT molecular complexity index is 469. The van der Waals surface area contributed by atoms with Crippen molar-refractivity contribution >= 4 is 17.6 Å². The van der Waals surface area contributed by atoms with Gasteiger partial charge in [0.25, 0.3) is 0 Å². The summed E-state index contributed by atoms with van der Waals surface area (Å²) < 4.78 is 0. The van der Waals surface area contributed by atoms with E-state index >= 15 is 0 Å². The van der Waals surface area contributed by atoms with Gasteiger partial charge >= 0.3 is 0 Å². The third kappa shape index (κ3) is 3.71. The predicted octanol–water partition coefficient (Wildman–Crippen LogP) is 4.53. The Hall–Kier alpha value is -0.770. The summed E-state index contributed by atoms with van der Waals surface area (Å²) in [6, 6.07) is 0. The fourth-order valence-electron chi connectivity index (χ4n) is 3.27. The molecule has 1 aliphatic heterocycles. The van der Waals surface area contributed by atoms with Crippen molar-refractivity contribution in [3.63, 3.8) is 0 Å². The van der Waals surface area contributed by atoms with Crippen LogP contribution in [0.2, 0.25) is 0 Å². The van der Waals surface area contributed by atoms with E-state index in [0.29, 0.717) is 5.25 Å². The lowest BCUT2D eigenvalue weighted by Gasteiger charge is -2.22. The second-order valence-corrected chi connectivity index (χ2v) is 7.51. The molecular formula is C17H27N3S. The third-order valence-corrected chi connectivity index (χ3v) is 5.83. The van der Waals surface area contributed by atoms with Gasteiger partial charge in [0, 0.05) is 17.8 Å². The van der Waals surface area contributed by atoms with Gasteiger partial charge in [-0.25, -0.2) is 9.97 Å². The number of fused-ring (bicyclic) bond motifs is 1. The predicted molar refractivity (Wildman–Crippen MR) is 91.1 cm³/mol. The van der Waals surface area contributed by atoms with Gasteiger partial charge in [-0.3, -0.25) is 0 Å². The summed E-state index contributed by atoms with van der Waals surface area (Å²) in [6.45, 7) is 3.23. The molecule has 0 bridgehead atoms. The SMILES string of the molecule is CCCNc1nc(C2CCCCS2)nc2c1CCCCC2.